The van der Waals surface area contributed by atoms with Gasteiger partial charge in [0.2, 0.25) is 0 Å². The molecular formula is C22H26N4O2. The van der Waals surface area contributed by atoms with E-state index in [9.17, 15) is 4.79 Å². The van der Waals surface area contributed by atoms with E-state index >= 15 is 0 Å². The number of nitrogens with one attached hydrogen (secondary N) is 1. The van der Waals surface area contributed by atoms with E-state index in [1.807, 2.05) is 12.1 Å². The number of nitrogens with zero attached hydrogens (tertiary/aromatic N) is 3. The summed E-state index contributed by atoms with van der Waals surface area (Å²) >= 11 is 0. The van der Waals surface area contributed by atoms with E-state index in [2.05, 4.69) is 41.1 Å². The lowest BCUT2D eigenvalue weighted by Crippen LogP contribution is -2.46. The molecular weight excluding hydrogens is 352 g/mol. The molecule has 0 aromatic heterocycles. The van der Waals surface area contributed by atoms with Gasteiger partial charge in [-0.15, -0.1) is 0 Å². The maximum atomic E-state index is 12.2. The monoisotopic (exact) mass is 378 g/mol. The van der Waals surface area contributed by atoms with Crippen molar-refractivity contribution in [3.05, 3.63) is 53.6 Å². The number of ether oxygens (including phenoxy) is 1. The van der Waals surface area contributed by atoms with Crippen LogP contribution in [0.15, 0.2) is 42.5 Å². The van der Waals surface area contributed by atoms with E-state index in [0.29, 0.717) is 11.3 Å². The molecule has 2 aromatic rings. The Morgan fingerprint density at radius 2 is 1.93 bits per heavy atom. The molecule has 1 heterocycles. The number of anilines is 2. The van der Waals surface area contributed by atoms with Crippen LogP contribution in [0.3, 0.4) is 0 Å². The highest BCUT2D eigenvalue weighted by atomic mass is 16.5. The second-order valence-corrected chi connectivity index (χ2v) is 6.87. The summed E-state index contributed by atoms with van der Waals surface area (Å²) < 4.78 is 5.48. The molecule has 0 spiro atoms. The van der Waals surface area contributed by atoms with Crippen LogP contribution in [0.2, 0.25) is 0 Å². The minimum Gasteiger partial charge on any atom is -0.482 e. The molecule has 0 radical (unpaired) electrons. The molecule has 1 fully saturated rings. The lowest BCUT2D eigenvalue weighted by molar-refractivity contribution is -0.118. The second kappa shape index (κ2) is 9.25. The highest BCUT2D eigenvalue weighted by molar-refractivity contribution is 5.92. The number of para-hydroxylation sites is 1. The number of hydrogen-bond donors (Lipinski definition) is 1. The molecule has 3 rings (SSSR count). The van der Waals surface area contributed by atoms with Gasteiger partial charge < -0.3 is 19.9 Å². The summed E-state index contributed by atoms with van der Waals surface area (Å²) in [5.41, 5.74) is 3.51. The number of carbonyl (C=O) groups is 1. The van der Waals surface area contributed by atoms with E-state index in [0.717, 1.165) is 44.0 Å². The minimum absolute atomic E-state index is 0.140. The summed E-state index contributed by atoms with van der Waals surface area (Å²) in [5, 5.41) is 11.9. The number of benzene rings is 2. The molecule has 0 bridgehead atoms. The van der Waals surface area contributed by atoms with Crippen molar-refractivity contribution >= 4 is 17.3 Å². The summed E-state index contributed by atoms with van der Waals surface area (Å²) in [6.45, 7) is 9.42. The van der Waals surface area contributed by atoms with Crippen LogP contribution < -0.4 is 15.0 Å². The van der Waals surface area contributed by atoms with Gasteiger partial charge in [0.1, 0.15) is 11.8 Å². The van der Waals surface area contributed by atoms with Crippen LogP contribution in [0.1, 0.15) is 18.1 Å². The third-order valence-electron chi connectivity index (χ3n) is 5.01. The van der Waals surface area contributed by atoms with E-state index in [1.54, 1.807) is 24.3 Å². The molecule has 146 valence electrons. The van der Waals surface area contributed by atoms with Gasteiger partial charge in [0.15, 0.2) is 6.61 Å². The molecule has 1 aliphatic rings. The van der Waals surface area contributed by atoms with Crippen LogP contribution in [0.5, 0.6) is 5.75 Å². The standard InChI is InChI=1S/C22H26N4O2/c1-3-25-10-12-26(13-11-25)20-9-8-19(14-17(20)2)24-22(27)16-28-21-7-5-4-6-18(21)15-23/h4-9,14H,3,10-13,16H2,1-2H3,(H,24,27). The topological polar surface area (TPSA) is 68.6 Å². The highest BCUT2D eigenvalue weighted by Gasteiger charge is 2.17. The summed E-state index contributed by atoms with van der Waals surface area (Å²) in [6, 6.07) is 14.9. The van der Waals surface area contributed by atoms with Crippen LogP contribution in [0.4, 0.5) is 11.4 Å². The SMILES string of the molecule is CCN1CCN(c2ccc(NC(=O)COc3ccccc3C#N)cc2C)CC1. The maximum Gasteiger partial charge on any atom is 0.262 e. The molecule has 28 heavy (non-hydrogen) atoms. The Kier molecular flexibility index (Phi) is 6.51. The maximum absolute atomic E-state index is 12.2. The summed E-state index contributed by atoms with van der Waals surface area (Å²) in [4.78, 5) is 17.1. The molecule has 0 atom stereocenters. The van der Waals surface area contributed by atoms with Gasteiger partial charge in [-0.25, -0.2) is 0 Å². The molecule has 0 aliphatic carbocycles. The summed E-state index contributed by atoms with van der Waals surface area (Å²) in [6.07, 6.45) is 0. The van der Waals surface area contributed by atoms with Crippen LogP contribution in [-0.4, -0.2) is 50.1 Å². The zero-order chi connectivity index (χ0) is 19.9. The Morgan fingerprint density at radius 3 is 2.61 bits per heavy atom. The fourth-order valence-corrected chi connectivity index (χ4v) is 3.42. The highest BCUT2D eigenvalue weighted by Crippen LogP contribution is 2.25. The zero-order valence-corrected chi connectivity index (χ0v) is 16.4. The van der Waals surface area contributed by atoms with E-state index in [1.165, 1.54) is 5.69 Å². The first kappa shape index (κ1) is 19.7. The first-order valence-electron chi connectivity index (χ1n) is 9.60. The number of aryl methyl sites for hydroxylation is 1. The van der Waals surface area contributed by atoms with Crippen LogP contribution in [-0.2, 0) is 4.79 Å². The molecule has 6 nitrogen and oxygen atoms in total. The van der Waals surface area contributed by atoms with Gasteiger partial charge in [0, 0.05) is 37.6 Å². The van der Waals surface area contributed by atoms with Gasteiger partial charge in [0.05, 0.1) is 5.56 Å². The quantitative estimate of drug-likeness (QED) is 0.837. The first-order valence-corrected chi connectivity index (χ1v) is 9.60. The summed E-state index contributed by atoms with van der Waals surface area (Å²) in [7, 11) is 0. The van der Waals surface area contributed by atoms with Crippen LogP contribution in [0, 0.1) is 18.3 Å². The molecule has 0 saturated carbocycles. The Balaban J connectivity index is 1.57. The number of piperazine rings is 1. The van der Waals surface area contributed by atoms with Gasteiger partial charge in [-0.3, -0.25) is 4.79 Å². The smallest absolute Gasteiger partial charge is 0.262 e. The molecule has 1 N–H and O–H groups in total. The predicted molar refractivity (Wildman–Crippen MR) is 111 cm³/mol. The summed E-state index contributed by atoms with van der Waals surface area (Å²) in [5.74, 6) is 0.161. The van der Waals surface area contributed by atoms with Gasteiger partial charge >= 0.3 is 0 Å². The zero-order valence-electron chi connectivity index (χ0n) is 16.4. The lowest BCUT2D eigenvalue weighted by Gasteiger charge is -2.36. The minimum atomic E-state index is -0.253. The van der Waals surface area contributed by atoms with E-state index in [4.69, 9.17) is 10.00 Å². The fourth-order valence-electron chi connectivity index (χ4n) is 3.42. The Morgan fingerprint density at radius 1 is 1.18 bits per heavy atom. The van der Waals surface area contributed by atoms with Gasteiger partial charge in [0.25, 0.3) is 5.91 Å². The number of nitriles is 1. The third-order valence-corrected chi connectivity index (χ3v) is 5.01. The largest absolute Gasteiger partial charge is 0.482 e. The predicted octanol–water partition coefficient (Wildman–Crippen LogP) is 3.03. The second-order valence-electron chi connectivity index (χ2n) is 6.87. The van der Waals surface area contributed by atoms with Crippen molar-refractivity contribution in [2.75, 3.05) is 49.5 Å². The van der Waals surface area contributed by atoms with Crippen molar-refractivity contribution in [3.8, 4) is 11.8 Å². The van der Waals surface area contributed by atoms with Gasteiger partial charge in [-0.2, -0.15) is 5.26 Å². The molecule has 6 heteroatoms. The van der Waals surface area contributed by atoms with Gasteiger partial charge in [-0.1, -0.05) is 19.1 Å². The van der Waals surface area contributed by atoms with E-state index in [-0.39, 0.29) is 12.5 Å². The van der Waals surface area contributed by atoms with Crippen molar-refractivity contribution in [1.29, 1.82) is 5.26 Å². The van der Waals surface area contributed by atoms with Crippen molar-refractivity contribution in [2.45, 2.75) is 13.8 Å². The van der Waals surface area contributed by atoms with Crippen molar-refractivity contribution in [2.24, 2.45) is 0 Å². The Bertz CT molecular complexity index is 867. The first-order chi connectivity index (χ1) is 13.6. The molecule has 0 unspecified atom stereocenters. The average Bonchev–Trinajstić information content (AvgIpc) is 2.72. The molecule has 1 aliphatic heterocycles. The molecule has 2 aromatic carbocycles. The fraction of sp³-hybridized carbons (Fsp3) is 0.364. The number of amides is 1. The third kappa shape index (κ3) is 4.81. The molecule has 1 amide bonds. The number of likely N-dealkylation sites (N-methyl/N-ethyl adjacent to an activating group) is 1. The molecule has 1 saturated heterocycles. The number of hydrogen-bond acceptors (Lipinski definition) is 5. The van der Waals surface area contributed by atoms with E-state index < -0.39 is 0 Å². The number of rotatable bonds is 6. The van der Waals surface area contributed by atoms with Crippen LogP contribution in [0.25, 0.3) is 0 Å². The average molecular weight is 378 g/mol. The van der Waals surface area contributed by atoms with Crippen molar-refractivity contribution in [1.82, 2.24) is 4.90 Å². The number of carbonyl (C=O) groups excluding carboxylic acids is 1. The van der Waals surface area contributed by atoms with Crippen molar-refractivity contribution in [3.63, 3.8) is 0 Å². The van der Waals surface area contributed by atoms with Crippen LogP contribution >= 0.6 is 0 Å². The lowest BCUT2D eigenvalue weighted by atomic mass is 10.1. The Hall–Kier alpha value is -3.04. The normalized spacial score (nSPS) is 14.4. The Labute approximate surface area is 166 Å². The van der Waals surface area contributed by atoms with Crippen molar-refractivity contribution < 1.29 is 9.53 Å². The van der Waals surface area contributed by atoms with Gasteiger partial charge in [-0.05, 0) is 49.4 Å².